The van der Waals surface area contributed by atoms with Crippen molar-refractivity contribution in [2.75, 3.05) is 0 Å². The molecule has 1 aromatic rings. The smallest absolute Gasteiger partial charge is 0.426 e. The van der Waals surface area contributed by atoms with Crippen molar-refractivity contribution in [1.29, 1.82) is 5.26 Å². The number of alkyl halides is 3. The molecule has 0 spiro atoms. The van der Waals surface area contributed by atoms with Crippen LogP contribution in [-0.4, -0.2) is 28.8 Å². The predicted octanol–water partition coefficient (Wildman–Crippen LogP) is 2.33. The number of aliphatic hydroxyl groups is 1. The summed E-state index contributed by atoms with van der Waals surface area (Å²) < 4.78 is 45.7. The molecule has 1 heterocycles. The van der Waals surface area contributed by atoms with Gasteiger partial charge in [-0.05, 0) is 37.5 Å². The van der Waals surface area contributed by atoms with Gasteiger partial charge in [-0.1, -0.05) is 6.07 Å². The molecule has 0 saturated heterocycles. The van der Waals surface area contributed by atoms with E-state index in [4.69, 9.17) is 10.00 Å². The van der Waals surface area contributed by atoms with Crippen LogP contribution in [0, 0.1) is 17.2 Å². The molecular formula is C18H15F3N2O4. The van der Waals surface area contributed by atoms with E-state index in [-0.39, 0.29) is 41.2 Å². The van der Waals surface area contributed by atoms with Gasteiger partial charge in [0.25, 0.3) is 0 Å². The Balaban J connectivity index is 1.95. The molecule has 142 valence electrons. The van der Waals surface area contributed by atoms with E-state index in [0.29, 0.717) is 6.42 Å². The maximum absolute atomic E-state index is 13.6. The van der Waals surface area contributed by atoms with Crippen molar-refractivity contribution in [3.63, 3.8) is 0 Å². The lowest BCUT2D eigenvalue weighted by Gasteiger charge is -2.43. The van der Waals surface area contributed by atoms with E-state index < -0.39 is 30.2 Å². The average molecular weight is 380 g/mol. The van der Waals surface area contributed by atoms with E-state index in [2.05, 4.69) is 0 Å². The number of esters is 1. The molecule has 9 heteroatoms. The number of hydrogen-bond donors (Lipinski definition) is 2. The minimum Gasteiger partial charge on any atom is -0.426 e. The lowest BCUT2D eigenvalue weighted by molar-refractivity contribution is -0.290. The Bertz CT molecular complexity index is 872. The van der Waals surface area contributed by atoms with Crippen molar-refractivity contribution < 1.29 is 32.6 Å². The third-order valence-corrected chi connectivity index (χ3v) is 4.68. The van der Waals surface area contributed by atoms with E-state index in [9.17, 15) is 27.9 Å². The van der Waals surface area contributed by atoms with Crippen LogP contribution in [0.2, 0.25) is 0 Å². The van der Waals surface area contributed by atoms with E-state index in [0.717, 1.165) is 0 Å². The fraction of sp³-hybridized carbons (Fsp3) is 0.389. The molecule has 2 N–H and O–H groups in total. The summed E-state index contributed by atoms with van der Waals surface area (Å²) in [6.07, 6.45) is -5.02. The zero-order valence-corrected chi connectivity index (χ0v) is 14.0. The summed E-state index contributed by atoms with van der Waals surface area (Å²) in [6, 6.07) is 7.15. The third kappa shape index (κ3) is 3.40. The van der Waals surface area contributed by atoms with Crippen molar-refractivity contribution in [3.8, 4) is 11.8 Å². The highest BCUT2D eigenvalue weighted by atomic mass is 19.4. The molecule has 0 bridgehead atoms. The highest BCUT2D eigenvalue weighted by Gasteiger charge is 2.64. The molecule has 0 fully saturated rings. The van der Waals surface area contributed by atoms with Gasteiger partial charge in [-0.2, -0.15) is 18.4 Å². The van der Waals surface area contributed by atoms with Gasteiger partial charge in [-0.25, -0.2) is 0 Å². The van der Waals surface area contributed by atoms with Crippen LogP contribution < -0.4 is 10.1 Å². The van der Waals surface area contributed by atoms with Gasteiger partial charge in [-0.15, -0.1) is 0 Å². The molecule has 0 radical (unpaired) electrons. The molecule has 2 aliphatic rings. The molecule has 0 amide bonds. The van der Waals surface area contributed by atoms with Crippen molar-refractivity contribution >= 4 is 11.8 Å². The third-order valence-electron chi connectivity index (χ3n) is 4.68. The van der Waals surface area contributed by atoms with Crippen LogP contribution in [-0.2, 0) is 9.59 Å². The first-order valence-corrected chi connectivity index (χ1v) is 8.20. The first-order chi connectivity index (χ1) is 12.7. The number of allylic oxidation sites excluding steroid dienone is 2. The maximum Gasteiger partial charge on any atom is 0.437 e. The number of nitrogens with zero attached hydrogens (tertiary/aromatic N) is 1. The van der Waals surface area contributed by atoms with Crippen LogP contribution in [0.25, 0.3) is 0 Å². The van der Waals surface area contributed by atoms with Gasteiger partial charge in [0.05, 0.1) is 11.6 Å². The minimum absolute atomic E-state index is 0.0154. The normalized spacial score (nSPS) is 25.3. The quantitative estimate of drug-likeness (QED) is 0.604. The van der Waals surface area contributed by atoms with E-state index >= 15 is 0 Å². The Morgan fingerprint density at radius 3 is 2.78 bits per heavy atom. The van der Waals surface area contributed by atoms with Crippen LogP contribution in [0.15, 0.2) is 35.5 Å². The fourth-order valence-corrected chi connectivity index (χ4v) is 3.28. The Kier molecular flexibility index (Phi) is 4.70. The molecule has 27 heavy (non-hydrogen) atoms. The Hall–Kier alpha value is -2.86. The second-order valence-corrected chi connectivity index (χ2v) is 6.44. The Morgan fingerprint density at radius 2 is 2.11 bits per heavy atom. The molecule has 2 atom stereocenters. The number of rotatable bonds is 2. The molecule has 6 nitrogen and oxygen atoms in total. The van der Waals surface area contributed by atoms with Crippen LogP contribution >= 0.6 is 0 Å². The second-order valence-electron chi connectivity index (χ2n) is 6.44. The standard InChI is InChI=1S/C18H15F3N2O4/c19-18(20,21)17(26)13(8-12-14(23-17)5-2-6-15(12)24)16(25)27-11-4-1-3-10(7-11)9-22/h1,3-4,7,13,23,26H,2,5-6,8H2. The largest absolute Gasteiger partial charge is 0.437 e. The molecule has 2 unspecified atom stereocenters. The molecule has 0 saturated carbocycles. The summed E-state index contributed by atoms with van der Waals surface area (Å²) in [6.45, 7) is 0. The lowest BCUT2D eigenvalue weighted by atomic mass is 9.78. The number of ketones is 1. The summed E-state index contributed by atoms with van der Waals surface area (Å²) in [5.74, 6) is -3.89. The number of hydrogen-bond acceptors (Lipinski definition) is 6. The van der Waals surface area contributed by atoms with Gasteiger partial charge >= 0.3 is 12.1 Å². The molecule has 1 aliphatic heterocycles. The molecule has 0 aromatic heterocycles. The Labute approximate surface area is 152 Å². The first kappa shape index (κ1) is 18.9. The number of carbonyl (C=O) groups excluding carboxylic acids is 2. The minimum atomic E-state index is -5.18. The highest BCUT2D eigenvalue weighted by Crippen LogP contribution is 2.44. The van der Waals surface area contributed by atoms with Crippen LogP contribution in [0.4, 0.5) is 13.2 Å². The summed E-state index contributed by atoms with van der Waals surface area (Å²) >= 11 is 0. The summed E-state index contributed by atoms with van der Waals surface area (Å²) in [7, 11) is 0. The van der Waals surface area contributed by atoms with Gasteiger partial charge in [-0.3, -0.25) is 9.59 Å². The number of nitriles is 1. The zero-order chi connectivity index (χ0) is 19.8. The van der Waals surface area contributed by atoms with E-state index in [1.165, 1.54) is 24.3 Å². The molecule has 1 aliphatic carbocycles. The first-order valence-electron chi connectivity index (χ1n) is 8.20. The summed E-state index contributed by atoms with van der Waals surface area (Å²) in [4.78, 5) is 24.5. The summed E-state index contributed by atoms with van der Waals surface area (Å²) in [5.41, 5.74) is -3.29. The van der Waals surface area contributed by atoms with Crippen molar-refractivity contribution in [1.82, 2.24) is 5.32 Å². The number of nitrogens with one attached hydrogen (secondary N) is 1. The van der Waals surface area contributed by atoms with Gasteiger partial charge in [0, 0.05) is 17.7 Å². The number of ether oxygens (including phenoxy) is 1. The van der Waals surface area contributed by atoms with E-state index in [1.807, 2.05) is 11.4 Å². The maximum atomic E-state index is 13.6. The predicted molar refractivity (Wildman–Crippen MR) is 84.9 cm³/mol. The van der Waals surface area contributed by atoms with Crippen molar-refractivity contribution in [2.24, 2.45) is 5.92 Å². The topological polar surface area (TPSA) is 99.4 Å². The van der Waals surface area contributed by atoms with Gasteiger partial charge in [0.1, 0.15) is 11.7 Å². The highest BCUT2D eigenvalue weighted by molar-refractivity contribution is 5.98. The second kappa shape index (κ2) is 6.70. The van der Waals surface area contributed by atoms with Gasteiger partial charge < -0.3 is 15.2 Å². The van der Waals surface area contributed by atoms with Crippen molar-refractivity contribution in [2.45, 2.75) is 37.6 Å². The fourth-order valence-electron chi connectivity index (χ4n) is 3.28. The SMILES string of the molecule is N#Cc1cccc(OC(=O)C2CC3=C(CCCC3=O)NC2(O)C(F)(F)F)c1. The number of benzene rings is 1. The number of Topliss-reactive ketones (excluding diaryl/α,β-unsaturated/α-hetero) is 1. The molecular weight excluding hydrogens is 365 g/mol. The lowest BCUT2D eigenvalue weighted by Crippen LogP contribution is -2.66. The monoisotopic (exact) mass is 380 g/mol. The summed E-state index contributed by atoms with van der Waals surface area (Å²) in [5, 5.41) is 21.1. The van der Waals surface area contributed by atoms with Gasteiger partial charge in [0.2, 0.25) is 5.72 Å². The molecule has 1 aromatic carbocycles. The Morgan fingerprint density at radius 1 is 1.37 bits per heavy atom. The zero-order valence-electron chi connectivity index (χ0n) is 14.0. The number of halogens is 3. The van der Waals surface area contributed by atoms with Crippen LogP contribution in [0.1, 0.15) is 31.2 Å². The van der Waals surface area contributed by atoms with Crippen molar-refractivity contribution in [3.05, 3.63) is 41.1 Å². The van der Waals surface area contributed by atoms with Crippen LogP contribution in [0.5, 0.6) is 5.75 Å². The number of carbonyl (C=O) groups is 2. The average Bonchev–Trinajstić information content (AvgIpc) is 2.60. The van der Waals surface area contributed by atoms with Crippen LogP contribution in [0.3, 0.4) is 0 Å². The van der Waals surface area contributed by atoms with Gasteiger partial charge in [0.15, 0.2) is 5.78 Å². The van der Waals surface area contributed by atoms with E-state index in [1.54, 1.807) is 0 Å². The molecule has 3 rings (SSSR count).